The highest BCUT2D eigenvalue weighted by molar-refractivity contribution is 5.97. The molecule has 6 heteroatoms. The smallest absolute Gasteiger partial charge is 0.262 e. The van der Waals surface area contributed by atoms with Crippen molar-refractivity contribution < 1.29 is 19.1 Å². The lowest BCUT2D eigenvalue weighted by atomic mass is 9.97. The Kier molecular flexibility index (Phi) is 6.60. The third-order valence-corrected chi connectivity index (χ3v) is 4.19. The summed E-state index contributed by atoms with van der Waals surface area (Å²) in [5, 5.41) is 2.86. The van der Waals surface area contributed by atoms with E-state index in [4.69, 9.17) is 15.2 Å². The Hall–Kier alpha value is -3.02. The van der Waals surface area contributed by atoms with Gasteiger partial charge in [0, 0.05) is 5.69 Å². The van der Waals surface area contributed by atoms with E-state index in [2.05, 4.69) is 19.2 Å². The summed E-state index contributed by atoms with van der Waals surface area (Å²) in [7, 11) is 1.45. The zero-order valence-corrected chi connectivity index (χ0v) is 15.2. The highest BCUT2D eigenvalue weighted by atomic mass is 16.5. The van der Waals surface area contributed by atoms with E-state index in [0.29, 0.717) is 11.7 Å². The van der Waals surface area contributed by atoms with Gasteiger partial charge in [-0.2, -0.15) is 0 Å². The first-order valence-electron chi connectivity index (χ1n) is 8.46. The molecule has 2 aromatic carbocycles. The van der Waals surface area contributed by atoms with Gasteiger partial charge in [-0.25, -0.2) is 0 Å². The lowest BCUT2D eigenvalue weighted by Crippen LogP contribution is -2.22. The molecule has 0 aliphatic carbocycles. The van der Waals surface area contributed by atoms with E-state index in [1.54, 1.807) is 12.1 Å². The monoisotopic (exact) mass is 356 g/mol. The van der Waals surface area contributed by atoms with Gasteiger partial charge in [-0.05, 0) is 36.1 Å². The van der Waals surface area contributed by atoms with Crippen molar-refractivity contribution in [1.82, 2.24) is 0 Å². The molecular formula is C20H24N2O4. The molecule has 3 N–H and O–H groups in total. The summed E-state index contributed by atoms with van der Waals surface area (Å²) in [4.78, 5) is 23.9. The molecule has 6 nitrogen and oxygen atoms in total. The lowest BCUT2D eigenvalue weighted by molar-refractivity contribution is -0.118. The number of anilines is 1. The minimum absolute atomic E-state index is 0.160. The average Bonchev–Trinajstić information content (AvgIpc) is 2.65. The molecule has 138 valence electrons. The number of benzene rings is 2. The average molecular weight is 356 g/mol. The molecule has 26 heavy (non-hydrogen) atoms. The number of ether oxygens (including phenoxy) is 2. The Morgan fingerprint density at radius 2 is 1.88 bits per heavy atom. The fraction of sp³-hybridized carbons (Fsp3) is 0.300. The SMILES string of the molecule is CC[C@H](C)c1ccccc1NC(=O)COc1c(OC)cccc1C(N)=O. The second-order valence-corrected chi connectivity index (χ2v) is 5.93. The van der Waals surface area contributed by atoms with Crippen LogP contribution in [0.4, 0.5) is 5.69 Å². The molecule has 1 atom stereocenters. The predicted octanol–water partition coefficient (Wildman–Crippen LogP) is 3.33. The van der Waals surface area contributed by atoms with E-state index in [-0.39, 0.29) is 23.8 Å². The summed E-state index contributed by atoms with van der Waals surface area (Å²) in [6.07, 6.45) is 0.965. The molecule has 0 heterocycles. The number of methoxy groups -OCH3 is 1. The largest absolute Gasteiger partial charge is 0.493 e. The number of primary amides is 1. The fourth-order valence-electron chi connectivity index (χ4n) is 2.60. The van der Waals surface area contributed by atoms with Gasteiger partial charge in [-0.3, -0.25) is 9.59 Å². The number of rotatable bonds is 8. The Morgan fingerprint density at radius 3 is 2.54 bits per heavy atom. The molecule has 0 saturated heterocycles. The number of nitrogens with two attached hydrogens (primary N) is 1. The van der Waals surface area contributed by atoms with Crippen molar-refractivity contribution >= 4 is 17.5 Å². The van der Waals surface area contributed by atoms with Crippen LogP contribution in [-0.2, 0) is 4.79 Å². The van der Waals surface area contributed by atoms with Crippen molar-refractivity contribution in [3.8, 4) is 11.5 Å². The molecule has 0 fully saturated rings. The van der Waals surface area contributed by atoms with Crippen LogP contribution in [-0.4, -0.2) is 25.5 Å². The van der Waals surface area contributed by atoms with Crippen LogP contribution in [0.3, 0.4) is 0 Å². The van der Waals surface area contributed by atoms with E-state index in [1.807, 2.05) is 24.3 Å². The van der Waals surface area contributed by atoms with Crippen LogP contribution < -0.4 is 20.5 Å². The van der Waals surface area contributed by atoms with Crippen LogP contribution >= 0.6 is 0 Å². The maximum Gasteiger partial charge on any atom is 0.262 e. The summed E-state index contributed by atoms with van der Waals surface area (Å²) in [5.41, 5.74) is 7.35. The van der Waals surface area contributed by atoms with E-state index in [0.717, 1.165) is 17.7 Å². The first kappa shape index (κ1) is 19.3. The van der Waals surface area contributed by atoms with Gasteiger partial charge in [-0.1, -0.05) is 38.1 Å². The third kappa shape index (κ3) is 4.53. The van der Waals surface area contributed by atoms with Crippen LogP contribution in [0, 0.1) is 0 Å². The van der Waals surface area contributed by atoms with E-state index >= 15 is 0 Å². The highest BCUT2D eigenvalue weighted by Gasteiger charge is 2.17. The van der Waals surface area contributed by atoms with Crippen LogP contribution in [0.15, 0.2) is 42.5 Å². The number of amides is 2. The van der Waals surface area contributed by atoms with Gasteiger partial charge in [0.25, 0.3) is 11.8 Å². The standard InChI is InChI=1S/C20H24N2O4/c1-4-13(2)14-8-5-6-10-16(14)22-18(23)12-26-19-15(20(21)24)9-7-11-17(19)25-3/h5-11,13H,4,12H2,1-3H3,(H2,21,24)(H,22,23)/t13-/m0/s1. The number of carbonyl (C=O) groups excluding carboxylic acids is 2. The van der Waals surface area contributed by atoms with Gasteiger partial charge in [0.15, 0.2) is 18.1 Å². The number of hydrogen-bond acceptors (Lipinski definition) is 4. The Bertz CT molecular complexity index is 789. The molecule has 0 aliphatic rings. The minimum Gasteiger partial charge on any atom is -0.493 e. The number of carbonyl (C=O) groups is 2. The van der Waals surface area contributed by atoms with Crippen molar-refractivity contribution in [3.05, 3.63) is 53.6 Å². The first-order chi connectivity index (χ1) is 12.5. The maximum atomic E-state index is 12.3. The summed E-state index contributed by atoms with van der Waals surface area (Å²) >= 11 is 0. The van der Waals surface area contributed by atoms with Crippen molar-refractivity contribution in [1.29, 1.82) is 0 Å². The van der Waals surface area contributed by atoms with Crippen LogP contribution in [0.25, 0.3) is 0 Å². The molecule has 0 radical (unpaired) electrons. The van der Waals surface area contributed by atoms with Gasteiger partial charge in [0.1, 0.15) is 0 Å². The zero-order chi connectivity index (χ0) is 19.1. The number of nitrogens with one attached hydrogen (secondary N) is 1. The highest BCUT2D eigenvalue weighted by Crippen LogP contribution is 2.31. The molecule has 0 unspecified atom stereocenters. The molecule has 2 aromatic rings. The molecule has 0 aromatic heterocycles. The van der Waals surface area contributed by atoms with Gasteiger partial charge in [0.2, 0.25) is 0 Å². The molecule has 0 saturated carbocycles. The van der Waals surface area contributed by atoms with Crippen molar-refractivity contribution in [2.75, 3.05) is 19.0 Å². The zero-order valence-electron chi connectivity index (χ0n) is 15.2. The quantitative estimate of drug-likeness (QED) is 0.759. The number of hydrogen-bond donors (Lipinski definition) is 2. The predicted molar refractivity (Wildman–Crippen MR) is 101 cm³/mol. The lowest BCUT2D eigenvalue weighted by Gasteiger charge is -2.16. The summed E-state index contributed by atoms with van der Waals surface area (Å²) in [6.45, 7) is 3.93. The summed E-state index contributed by atoms with van der Waals surface area (Å²) in [6, 6.07) is 12.5. The van der Waals surface area contributed by atoms with Crippen molar-refractivity contribution in [2.24, 2.45) is 5.73 Å². The topological polar surface area (TPSA) is 90.7 Å². The summed E-state index contributed by atoms with van der Waals surface area (Å²) < 4.78 is 10.7. The molecular weight excluding hydrogens is 332 g/mol. The minimum atomic E-state index is -0.651. The fourth-order valence-corrected chi connectivity index (χ4v) is 2.60. The second kappa shape index (κ2) is 8.89. The first-order valence-corrected chi connectivity index (χ1v) is 8.46. The summed E-state index contributed by atoms with van der Waals surface area (Å²) in [5.74, 6) is -0.159. The van der Waals surface area contributed by atoms with Gasteiger partial charge >= 0.3 is 0 Å². The Balaban J connectivity index is 2.13. The molecule has 2 rings (SSSR count). The second-order valence-electron chi connectivity index (χ2n) is 5.93. The van der Waals surface area contributed by atoms with Crippen molar-refractivity contribution in [3.63, 3.8) is 0 Å². The van der Waals surface area contributed by atoms with Gasteiger partial charge in [0.05, 0.1) is 12.7 Å². The van der Waals surface area contributed by atoms with E-state index in [1.165, 1.54) is 13.2 Å². The normalized spacial score (nSPS) is 11.5. The van der Waals surface area contributed by atoms with E-state index in [9.17, 15) is 9.59 Å². The van der Waals surface area contributed by atoms with Crippen molar-refractivity contribution in [2.45, 2.75) is 26.2 Å². The van der Waals surface area contributed by atoms with Crippen LogP contribution in [0.2, 0.25) is 0 Å². The third-order valence-electron chi connectivity index (χ3n) is 4.19. The maximum absolute atomic E-state index is 12.3. The molecule has 0 bridgehead atoms. The Labute approximate surface area is 153 Å². The van der Waals surface area contributed by atoms with Crippen LogP contribution in [0.5, 0.6) is 11.5 Å². The van der Waals surface area contributed by atoms with E-state index < -0.39 is 5.91 Å². The van der Waals surface area contributed by atoms with Crippen LogP contribution in [0.1, 0.15) is 42.1 Å². The number of para-hydroxylation sites is 2. The molecule has 0 spiro atoms. The Morgan fingerprint density at radius 1 is 1.15 bits per heavy atom. The molecule has 2 amide bonds. The van der Waals surface area contributed by atoms with Gasteiger partial charge < -0.3 is 20.5 Å². The van der Waals surface area contributed by atoms with Gasteiger partial charge in [-0.15, -0.1) is 0 Å². The molecule has 0 aliphatic heterocycles.